The topological polar surface area (TPSA) is 89.6 Å². The lowest BCUT2D eigenvalue weighted by molar-refractivity contribution is -0.136. The van der Waals surface area contributed by atoms with Crippen LogP contribution in [0.15, 0.2) is 41.0 Å². The molecular formula is C18H15NO5S. The van der Waals surface area contributed by atoms with Crippen molar-refractivity contribution in [1.29, 1.82) is 0 Å². The van der Waals surface area contributed by atoms with Crippen LogP contribution in [0.5, 0.6) is 0 Å². The number of carboxylic acids is 1. The van der Waals surface area contributed by atoms with Crippen molar-refractivity contribution in [3.63, 3.8) is 0 Å². The van der Waals surface area contributed by atoms with E-state index in [0.29, 0.717) is 12.0 Å². The smallest absolute Gasteiger partial charge is 0.374 e. The highest BCUT2D eigenvalue weighted by atomic mass is 32.1. The van der Waals surface area contributed by atoms with Gasteiger partial charge >= 0.3 is 11.9 Å². The molecule has 3 aromatic rings. The molecule has 1 aromatic carbocycles. The molecular weight excluding hydrogens is 342 g/mol. The summed E-state index contributed by atoms with van der Waals surface area (Å²) < 4.78 is 10.9. The number of thiazole rings is 1. The largest absolute Gasteiger partial charge is 0.481 e. The van der Waals surface area contributed by atoms with E-state index in [1.165, 1.54) is 24.7 Å². The molecule has 0 spiro atoms. The molecule has 6 nitrogen and oxygen atoms in total. The highest BCUT2D eigenvalue weighted by Gasteiger charge is 2.17. The van der Waals surface area contributed by atoms with Gasteiger partial charge in [-0.25, -0.2) is 9.78 Å². The molecule has 0 fully saturated rings. The maximum absolute atomic E-state index is 11.8. The summed E-state index contributed by atoms with van der Waals surface area (Å²) in [5.41, 5.74) is 2.12. The van der Waals surface area contributed by atoms with Gasteiger partial charge in [-0.15, -0.1) is 11.3 Å². The molecule has 0 atom stereocenters. The summed E-state index contributed by atoms with van der Waals surface area (Å²) in [6, 6.07) is 9.33. The van der Waals surface area contributed by atoms with Gasteiger partial charge in [0.15, 0.2) is 0 Å². The van der Waals surface area contributed by atoms with Gasteiger partial charge in [-0.3, -0.25) is 4.79 Å². The first-order chi connectivity index (χ1) is 12.1. The molecule has 3 rings (SSSR count). The van der Waals surface area contributed by atoms with Gasteiger partial charge in [0.1, 0.15) is 5.01 Å². The Morgan fingerprint density at radius 2 is 2.08 bits per heavy atom. The van der Waals surface area contributed by atoms with Crippen LogP contribution in [0.2, 0.25) is 0 Å². The summed E-state index contributed by atoms with van der Waals surface area (Å²) in [5.74, 6) is -1.40. The maximum Gasteiger partial charge on any atom is 0.374 e. The number of carboxylic acid groups (broad SMARTS) is 1. The number of fused-ring (bicyclic) bond motifs is 1. The lowest BCUT2D eigenvalue weighted by Crippen LogP contribution is -2.01. The van der Waals surface area contributed by atoms with Crippen molar-refractivity contribution in [1.82, 2.24) is 4.98 Å². The summed E-state index contributed by atoms with van der Waals surface area (Å²) in [7, 11) is 1.28. The second-order valence-electron chi connectivity index (χ2n) is 5.25. The Hall–Kier alpha value is -2.93. The predicted molar refractivity (Wildman–Crippen MR) is 94.4 cm³/mol. The van der Waals surface area contributed by atoms with Crippen molar-refractivity contribution in [2.24, 2.45) is 0 Å². The predicted octanol–water partition coefficient (Wildman–Crippen LogP) is 4.08. The number of hydrogen-bond donors (Lipinski definition) is 1. The zero-order valence-electron chi connectivity index (χ0n) is 13.4. The minimum absolute atomic E-state index is 0.0346. The van der Waals surface area contributed by atoms with Gasteiger partial charge in [0.05, 0.1) is 23.6 Å². The number of furan rings is 1. The number of hydrogen-bond acceptors (Lipinski definition) is 6. The molecule has 2 heterocycles. The van der Waals surface area contributed by atoms with E-state index >= 15 is 0 Å². The van der Waals surface area contributed by atoms with Crippen LogP contribution in [0.4, 0.5) is 0 Å². The summed E-state index contributed by atoms with van der Waals surface area (Å²) in [4.78, 5) is 27.3. The Morgan fingerprint density at radius 1 is 1.28 bits per heavy atom. The third kappa shape index (κ3) is 3.77. The number of carbonyl (C=O) groups excluding carboxylic acids is 1. The monoisotopic (exact) mass is 357 g/mol. The molecule has 0 saturated carbocycles. The average molecular weight is 357 g/mol. The number of benzene rings is 1. The summed E-state index contributed by atoms with van der Waals surface area (Å²) in [6.45, 7) is 0. The molecule has 25 heavy (non-hydrogen) atoms. The fourth-order valence-corrected chi connectivity index (χ4v) is 3.38. The molecule has 0 unspecified atom stereocenters. The lowest BCUT2D eigenvalue weighted by atomic mass is 10.1. The van der Waals surface area contributed by atoms with Gasteiger partial charge in [-0.2, -0.15) is 0 Å². The number of ether oxygens (including phenoxy) is 1. The molecule has 0 amide bonds. The van der Waals surface area contributed by atoms with Gasteiger partial charge < -0.3 is 14.3 Å². The molecule has 0 aliphatic rings. The first-order valence-corrected chi connectivity index (χ1v) is 8.34. The van der Waals surface area contributed by atoms with E-state index in [0.717, 1.165) is 20.8 Å². The molecule has 128 valence electrons. The number of aromatic nitrogens is 1. The Balaban J connectivity index is 2.04. The third-order valence-corrected chi connectivity index (χ3v) is 4.68. The second kappa shape index (κ2) is 7.31. The first-order valence-electron chi connectivity index (χ1n) is 7.52. The summed E-state index contributed by atoms with van der Waals surface area (Å²) >= 11 is 1.48. The van der Waals surface area contributed by atoms with E-state index in [1.54, 1.807) is 12.1 Å². The van der Waals surface area contributed by atoms with Crippen LogP contribution in [0, 0.1) is 0 Å². The number of aliphatic carboxylic acids is 1. The average Bonchev–Trinajstić information content (AvgIpc) is 3.23. The van der Waals surface area contributed by atoms with Gasteiger partial charge in [0, 0.05) is 12.0 Å². The van der Waals surface area contributed by atoms with Crippen LogP contribution in [0.25, 0.3) is 21.9 Å². The molecule has 2 aromatic heterocycles. The molecule has 1 N–H and O–H groups in total. The highest BCUT2D eigenvalue weighted by Crippen LogP contribution is 2.31. The highest BCUT2D eigenvalue weighted by molar-refractivity contribution is 7.19. The van der Waals surface area contributed by atoms with E-state index in [9.17, 15) is 9.59 Å². The molecule has 0 saturated heterocycles. The van der Waals surface area contributed by atoms with Gasteiger partial charge in [-0.1, -0.05) is 12.1 Å². The summed E-state index contributed by atoms with van der Waals surface area (Å²) in [5, 5.41) is 9.74. The van der Waals surface area contributed by atoms with Crippen LogP contribution >= 0.6 is 11.3 Å². The van der Waals surface area contributed by atoms with Crippen molar-refractivity contribution in [2.75, 3.05) is 7.11 Å². The van der Waals surface area contributed by atoms with Gasteiger partial charge in [0.2, 0.25) is 5.76 Å². The fraction of sp³-hybridized carbons (Fsp3) is 0.167. The summed E-state index contributed by atoms with van der Waals surface area (Å²) in [6.07, 6.45) is 3.38. The minimum atomic E-state index is -0.896. The second-order valence-corrected chi connectivity index (χ2v) is 6.28. The molecule has 0 bridgehead atoms. The number of nitrogens with zero attached hydrogens (tertiary/aromatic N) is 1. The Kier molecular flexibility index (Phi) is 4.95. The molecule has 7 heteroatoms. The van der Waals surface area contributed by atoms with Crippen molar-refractivity contribution in [3.8, 4) is 0 Å². The van der Waals surface area contributed by atoms with Crippen LogP contribution in [-0.4, -0.2) is 29.1 Å². The molecule has 0 aliphatic carbocycles. The van der Waals surface area contributed by atoms with Crippen molar-refractivity contribution >= 4 is 45.1 Å². The molecule has 0 radical (unpaired) electrons. The van der Waals surface area contributed by atoms with E-state index in [-0.39, 0.29) is 12.2 Å². The first kappa shape index (κ1) is 16.9. The van der Waals surface area contributed by atoms with Crippen LogP contribution in [0.3, 0.4) is 0 Å². The van der Waals surface area contributed by atoms with Gasteiger partial charge in [0.25, 0.3) is 0 Å². The lowest BCUT2D eigenvalue weighted by Gasteiger charge is -2.03. The zero-order chi connectivity index (χ0) is 17.8. The quantitative estimate of drug-likeness (QED) is 0.669. The zero-order valence-corrected chi connectivity index (χ0v) is 14.2. The minimum Gasteiger partial charge on any atom is -0.481 e. The van der Waals surface area contributed by atoms with Crippen LogP contribution < -0.4 is 0 Å². The van der Waals surface area contributed by atoms with E-state index in [1.807, 2.05) is 24.3 Å². The Labute approximate surface area is 147 Å². The van der Waals surface area contributed by atoms with E-state index in [2.05, 4.69) is 4.98 Å². The van der Waals surface area contributed by atoms with Crippen molar-refractivity contribution < 1.29 is 23.8 Å². The fourth-order valence-electron chi connectivity index (χ4n) is 2.37. The van der Waals surface area contributed by atoms with Crippen molar-refractivity contribution in [3.05, 3.63) is 52.9 Å². The number of carbonyl (C=O) groups is 2. The van der Waals surface area contributed by atoms with Crippen molar-refractivity contribution in [2.45, 2.75) is 12.8 Å². The van der Waals surface area contributed by atoms with Crippen LogP contribution in [0.1, 0.15) is 34.0 Å². The van der Waals surface area contributed by atoms with Crippen LogP contribution in [-0.2, 0) is 9.53 Å². The maximum atomic E-state index is 11.8. The third-order valence-electron chi connectivity index (χ3n) is 3.57. The van der Waals surface area contributed by atoms with Gasteiger partial charge in [-0.05, 0) is 36.3 Å². The number of allylic oxidation sites excluding steroid dienone is 1. The van der Waals surface area contributed by atoms with E-state index in [4.69, 9.17) is 14.3 Å². The number of esters is 1. The molecule has 0 aliphatic heterocycles. The Bertz CT molecular complexity index is 920. The Morgan fingerprint density at radius 3 is 2.80 bits per heavy atom. The number of methoxy groups -OCH3 is 1. The number of rotatable bonds is 6. The number of para-hydroxylation sites is 1. The standard InChI is InChI=1S/C18H15NO5S/c1-23-18(22)16-11(8-9-24-16)10-12(6-7-15(20)21)17-19-13-4-2-3-5-14(13)25-17/h2-5,8-10H,6-7H2,1H3,(H,20,21)/b12-10-. The van der Waals surface area contributed by atoms with E-state index < -0.39 is 11.9 Å². The normalized spacial score (nSPS) is 11.6. The SMILES string of the molecule is COC(=O)c1occc1/C=C(/CCC(=O)O)c1nc2ccccc2s1.